The number of rotatable bonds is 6. The fourth-order valence-corrected chi connectivity index (χ4v) is 5.01. The highest BCUT2D eigenvalue weighted by Gasteiger charge is 2.42. The van der Waals surface area contributed by atoms with Crippen molar-refractivity contribution in [1.82, 2.24) is 29.8 Å². The summed E-state index contributed by atoms with van der Waals surface area (Å²) in [5, 5.41) is 34.9. The number of aliphatic hydroxyl groups is 2. The summed E-state index contributed by atoms with van der Waals surface area (Å²) in [7, 11) is 0. The van der Waals surface area contributed by atoms with Crippen molar-refractivity contribution in [1.29, 1.82) is 0 Å². The van der Waals surface area contributed by atoms with E-state index in [9.17, 15) is 32.2 Å². The Morgan fingerprint density at radius 3 is 2.63 bits per heavy atom. The van der Waals surface area contributed by atoms with Gasteiger partial charge in [0.25, 0.3) is 0 Å². The van der Waals surface area contributed by atoms with E-state index in [0.717, 1.165) is 16.7 Å². The lowest BCUT2D eigenvalue weighted by Gasteiger charge is -2.38. The molecule has 1 aliphatic rings. The lowest BCUT2D eigenvalue weighted by atomic mass is 9.95. The molecule has 1 saturated heterocycles. The van der Waals surface area contributed by atoms with Crippen LogP contribution in [0.2, 0.25) is 10.0 Å². The third-order valence-corrected chi connectivity index (χ3v) is 7.09. The van der Waals surface area contributed by atoms with Crippen LogP contribution in [0.25, 0.3) is 16.9 Å². The van der Waals surface area contributed by atoms with Gasteiger partial charge in [0, 0.05) is 17.0 Å². The molecule has 0 aliphatic carbocycles. The van der Waals surface area contributed by atoms with Crippen molar-refractivity contribution in [2.45, 2.75) is 37.1 Å². The van der Waals surface area contributed by atoms with E-state index in [0.29, 0.717) is 0 Å². The zero-order valence-electron chi connectivity index (χ0n) is 20.2. The Morgan fingerprint density at radius 1 is 1.17 bits per heavy atom. The molecule has 0 saturated carbocycles. The smallest absolute Gasteiger partial charge is 0.404 e. The first-order valence-corrected chi connectivity index (χ1v) is 12.8. The van der Waals surface area contributed by atoms with Crippen molar-refractivity contribution in [2.24, 2.45) is 0 Å². The van der Waals surface area contributed by atoms with Crippen LogP contribution in [0.5, 0.6) is 5.75 Å². The van der Waals surface area contributed by atoms with Gasteiger partial charge in [-0.3, -0.25) is 9.67 Å². The summed E-state index contributed by atoms with van der Waals surface area (Å²) in [4.78, 5) is 0. The number of aliphatic hydroxyl groups excluding tert-OH is 2. The van der Waals surface area contributed by atoms with E-state index < -0.39 is 59.7 Å². The first-order valence-electron chi connectivity index (χ1n) is 11.6. The summed E-state index contributed by atoms with van der Waals surface area (Å²) in [6.45, 7) is -0.669. The fourth-order valence-electron chi connectivity index (χ4n) is 4.46. The molecule has 3 N–H and O–H groups in total. The Bertz CT molecular complexity index is 1650. The molecule has 218 valence electrons. The number of halogens is 7. The highest BCUT2D eigenvalue weighted by Crippen LogP contribution is 2.40. The van der Waals surface area contributed by atoms with Crippen LogP contribution in [-0.2, 0) is 4.74 Å². The first kappa shape index (κ1) is 29.3. The molecule has 1 aliphatic heterocycles. The van der Waals surface area contributed by atoms with Crippen LogP contribution in [0.4, 0.5) is 22.0 Å². The highest BCUT2D eigenvalue weighted by atomic mass is 35.5. The predicted octanol–water partition coefficient (Wildman–Crippen LogP) is 5.10. The van der Waals surface area contributed by atoms with Crippen molar-refractivity contribution in [3.05, 3.63) is 68.8 Å². The van der Waals surface area contributed by atoms with Crippen molar-refractivity contribution < 1.29 is 41.6 Å². The molecule has 0 spiro atoms. The highest BCUT2D eigenvalue weighted by molar-refractivity contribution is 7.71. The molecule has 1 fully saturated rings. The predicted molar refractivity (Wildman–Crippen MR) is 135 cm³/mol. The Hall–Kier alpha value is -3.15. The zero-order valence-corrected chi connectivity index (χ0v) is 22.5. The monoisotopic (exact) mass is 638 g/mol. The molecule has 10 nitrogen and oxygen atoms in total. The molecule has 18 heteroatoms. The van der Waals surface area contributed by atoms with Gasteiger partial charge in [-0.2, -0.15) is 5.10 Å². The lowest BCUT2D eigenvalue weighted by Crippen LogP contribution is -2.45. The number of hydrogen-bond donors (Lipinski definition) is 3. The maximum absolute atomic E-state index is 14.5. The van der Waals surface area contributed by atoms with E-state index in [1.807, 2.05) is 0 Å². The minimum Gasteiger partial charge on any atom is -0.404 e. The molecule has 4 atom stereocenters. The Labute approximate surface area is 241 Å². The molecule has 4 aromatic rings. The minimum atomic E-state index is -5.04. The lowest BCUT2D eigenvalue weighted by molar-refractivity contribution is -0.274. The molecule has 4 unspecified atom stereocenters. The van der Waals surface area contributed by atoms with Gasteiger partial charge in [0.05, 0.1) is 29.6 Å². The van der Waals surface area contributed by atoms with E-state index in [1.165, 1.54) is 29.1 Å². The van der Waals surface area contributed by atoms with Crippen molar-refractivity contribution in [2.75, 3.05) is 6.61 Å². The molecular formula is C23H17Cl2F5N6O4S. The second-order valence-electron chi connectivity index (χ2n) is 8.83. The summed E-state index contributed by atoms with van der Waals surface area (Å²) >= 11 is 16.9. The van der Waals surface area contributed by atoms with E-state index in [-0.39, 0.29) is 39.0 Å². The van der Waals surface area contributed by atoms with Gasteiger partial charge in [-0.1, -0.05) is 28.4 Å². The van der Waals surface area contributed by atoms with Gasteiger partial charge < -0.3 is 19.7 Å². The summed E-state index contributed by atoms with van der Waals surface area (Å²) in [5.41, 5.74) is -0.530. The summed E-state index contributed by atoms with van der Waals surface area (Å²) < 4.78 is 80.0. The van der Waals surface area contributed by atoms with Gasteiger partial charge in [-0.05, 0) is 42.5 Å². The molecule has 0 amide bonds. The van der Waals surface area contributed by atoms with Gasteiger partial charge in [-0.25, -0.2) is 13.5 Å². The third-order valence-electron chi connectivity index (χ3n) is 6.28. The van der Waals surface area contributed by atoms with Crippen LogP contribution in [-0.4, -0.2) is 65.1 Å². The van der Waals surface area contributed by atoms with Crippen LogP contribution < -0.4 is 4.74 Å². The SMILES string of the molecule is OCC1OC(c2n[nH]c(=S)n2-c2cc(Cl)ccc2OC(F)(F)F)CC(n2cc(-c3ccc(Cl)c(F)c3F)nn2)C1O. The second-order valence-corrected chi connectivity index (χ2v) is 10.1. The number of nitrogens with zero attached hydrogens (tertiary/aromatic N) is 5. The van der Waals surface area contributed by atoms with Crippen LogP contribution in [0.1, 0.15) is 24.4 Å². The number of aromatic amines is 1. The van der Waals surface area contributed by atoms with E-state index in [1.54, 1.807) is 0 Å². The standard InChI is InChI=1S/C23H17Cl2F5N6O4S/c24-9-1-4-15(40-23(28,29)30)13(5-9)36-21(32-33-22(36)41)16-6-14(20(38)17(8-37)39-16)35-7-12(31-34-35)10-2-3-11(25)19(27)18(10)26/h1-5,7,14,16-17,20,37-38H,6,8H2,(H,33,41). The quantitative estimate of drug-likeness (QED) is 0.152. The van der Waals surface area contributed by atoms with Gasteiger partial charge in [0.2, 0.25) is 0 Å². The maximum Gasteiger partial charge on any atom is 0.573 e. The minimum absolute atomic E-state index is 0.0363. The number of H-pyrrole nitrogens is 1. The number of alkyl halides is 3. The van der Waals surface area contributed by atoms with E-state index in [4.69, 9.17) is 40.2 Å². The van der Waals surface area contributed by atoms with Crippen molar-refractivity contribution in [3.63, 3.8) is 0 Å². The molecule has 41 heavy (non-hydrogen) atoms. The number of benzene rings is 2. The molecule has 0 radical (unpaired) electrons. The van der Waals surface area contributed by atoms with Gasteiger partial charge in [-0.15, -0.1) is 18.3 Å². The fraction of sp³-hybridized carbons (Fsp3) is 0.304. The summed E-state index contributed by atoms with van der Waals surface area (Å²) in [5.74, 6) is -3.20. The number of nitrogens with one attached hydrogen (secondary N) is 1. The Morgan fingerprint density at radius 2 is 1.93 bits per heavy atom. The average Bonchev–Trinajstić information content (AvgIpc) is 3.55. The van der Waals surface area contributed by atoms with Gasteiger partial charge in [0.15, 0.2) is 28.0 Å². The normalized spacial score (nSPS) is 21.3. The third kappa shape index (κ3) is 5.80. The molecule has 0 bridgehead atoms. The molecule has 2 aromatic heterocycles. The van der Waals surface area contributed by atoms with Crippen LogP contribution >= 0.6 is 35.4 Å². The second kappa shape index (κ2) is 11.3. The Balaban J connectivity index is 1.53. The van der Waals surface area contributed by atoms with Crippen LogP contribution in [0, 0.1) is 16.4 Å². The zero-order chi connectivity index (χ0) is 29.6. The number of hydrogen-bond acceptors (Lipinski definition) is 8. The van der Waals surface area contributed by atoms with E-state index in [2.05, 4.69) is 25.2 Å². The summed E-state index contributed by atoms with van der Waals surface area (Å²) in [6.07, 6.45) is -7.59. The number of aromatic nitrogens is 6. The molecular weight excluding hydrogens is 622 g/mol. The van der Waals surface area contributed by atoms with Gasteiger partial charge in [0.1, 0.15) is 24.0 Å². The van der Waals surface area contributed by atoms with Crippen molar-refractivity contribution in [3.8, 4) is 22.7 Å². The maximum atomic E-state index is 14.5. The van der Waals surface area contributed by atoms with Crippen LogP contribution in [0.15, 0.2) is 36.5 Å². The summed E-state index contributed by atoms with van der Waals surface area (Å²) in [6, 6.07) is 4.75. The van der Waals surface area contributed by atoms with Crippen molar-refractivity contribution >= 4 is 35.4 Å². The Kier molecular flexibility index (Phi) is 8.06. The topological polar surface area (TPSA) is 123 Å². The van der Waals surface area contributed by atoms with Crippen LogP contribution in [0.3, 0.4) is 0 Å². The first-order chi connectivity index (χ1) is 19.4. The molecule has 5 rings (SSSR count). The molecule has 2 aromatic carbocycles. The van der Waals surface area contributed by atoms with E-state index >= 15 is 0 Å². The largest absolute Gasteiger partial charge is 0.573 e. The average molecular weight is 639 g/mol. The number of ether oxygens (including phenoxy) is 2. The van der Waals surface area contributed by atoms with Gasteiger partial charge >= 0.3 is 6.36 Å². The molecule has 3 heterocycles.